The molecule has 0 radical (unpaired) electrons. The summed E-state index contributed by atoms with van der Waals surface area (Å²) in [5.74, 6) is -2.82. The van der Waals surface area contributed by atoms with Gasteiger partial charge in [0.25, 0.3) is 0 Å². The van der Waals surface area contributed by atoms with E-state index in [9.17, 15) is 21.7 Å². The molecule has 0 bridgehead atoms. The van der Waals surface area contributed by atoms with E-state index in [1.165, 1.54) is 0 Å². The van der Waals surface area contributed by atoms with Gasteiger partial charge in [0.2, 0.25) is 0 Å². The van der Waals surface area contributed by atoms with E-state index in [2.05, 4.69) is 0 Å². The number of hydrogen-bond donors (Lipinski definition) is 0. The fourth-order valence-corrected chi connectivity index (χ4v) is 1.18. The fourth-order valence-electron chi connectivity index (χ4n) is 0.866. The zero-order valence-corrected chi connectivity index (χ0v) is 10.9. The summed E-state index contributed by atoms with van der Waals surface area (Å²) in [5.41, 5.74) is -1.58. The van der Waals surface area contributed by atoms with Crippen LogP contribution in [0.15, 0.2) is 12.1 Å². The van der Waals surface area contributed by atoms with Crippen LogP contribution >= 0.6 is 11.6 Å². The third kappa shape index (κ3) is 3.46. The van der Waals surface area contributed by atoms with Crippen LogP contribution in [-0.4, -0.2) is 6.98 Å². The molecular weight excluding hydrogens is 252 g/mol. The van der Waals surface area contributed by atoms with Gasteiger partial charge in [0.05, 0.1) is 0 Å². The zero-order valence-electron chi connectivity index (χ0n) is 7.00. The first-order chi connectivity index (χ1) is 5.82. The molecule has 0 nitrogen and oxygen atoms in total. The minimum absolute atomic E-state index is 0. The number of hydrogen-bond acceptors (Lipinski definition) is 0. The van der Waals surface area contributed by atoms with Crippen molar-refractivity contribution in [2.45, 2.75) is 0 Å². The molecule has 14 heavy (non-hydrogen) atoms. The first kappa shape index (κ1) is 14.9. The van der Waals surface area contributed by atoms with Gasteiger partial charge in [-0.2, -0.15) is 0 Å². The molecule has 1 rings (SSSR count). The van der Waals surface area contributed by atoms with Gasteiger partial charge in [-0.05, 0) is 6.07 Å². The van der Waals surface area contributed by atoms with E-state index in [0.717, 1.165) is 0 Å². The second-order valence-corrected chi connectivity index (χ2v) is 2.77. The monoisotopic (exact) mass is 254 g/mol. The molecule has 0 aromatic heterocycles. The standard InChI is InChI=1S/C6H2BClF5.K/c8-4-1-3(9)2-5(10)6(4)7(11,12)13;/h1-2H;/q-1;+1. The Morgan fingerprint density at radius 2 is 1.57 bits per heavy atom. The Balaban J connectivity index is 0.00000169. The second kappa shape index (κ2) is 5.27. The topological polar surface area (TPSA) is 0 Å². The smallest absolute Gasteiger partial charge is 0.445 e. The van der Waals surface area contributed by atoms with Gasteiger partial charge in [-0.15, -0.1) is 0 Å². The van der Waals surface area contributed by atoms with Crippen molar-refractivity contribution < 1.29 is 73.1 Å². The molecule has 1 aromatic rings. The molecule has 72 valence electrons. The van der Waals surface area contributed by atoms with Gasteiger partial charge < -0.3 is 12.9 Å². The van der Waals surface area contributed by atoms with Crippen molar-refractivity contribution >= 4 is 24.0 Å². The van der Waals surface area contributed by atoms with Crippen LogP contribution in [0.3, 0.4) is 0 Å². The van der Waals surface area contributed by atoms with E-state index in [1.807, 2.05) is 0 Å². The molecule has 0 atom stereocenters. The Kier molecular flexibility index (Phi) is 5.59. The van der Waals surface area contributed by atoms with Gasteiger partial charge in [0, 0.05) is 11.1 Å². The molecular formula is C6H2BClF5K. The third-order valence-electron chi connectivity index (χ3n) is 1.37. The fraction of sp³-hybridized carbons (Fsp3) is 0. The zero-order chi connectivity index (χ0) is 10.2. The molecule has 0 aliphatic carbocycles. The van der Waals surface area contributed by atoms with Gasteiger partial charge >= 0.3 is 58.4 Å². The molecule has 0 amide bonds. The maximum absolute atomic E-state index is 12.6. The van der Waals surface area contributed by atoms with Crippen LogP contribution < -0.4 is 56.8 Å². The summed E-state index contributed by atoms with van der Waals surface area (Å²) < 4.78 is 61.1. The van der Waals surface area contributed by atoms with Crippen molar-refractivity contribution in [2.24, 2.45) is 0 Å². The predicted octanol–water partition coefficient (Wildman–Crippen LogP) is -0.323. The number of benzene rings is 1. The summed E-state index contributed by atoms with van der Waals surface area (Å²) in [6.07, 6.45) is 0. The average Bonchev–Trinajstić information content (AvgIpc) is 1.78. The van der Waals surface area contributed by atoms with E-state index in [-0.39, 0.29) is 57.5 Å². The first-order valence-corrected chi connectivity index (χ1v) is 3.54. The minimum atomic E-state index is -5.54. The van der Waals surface area contributed by atoms with Crippen molar-refractivity contribution in [1.29, 1.82) is 0 Å². The quantitative estimate of drug-likeness (QED) is 0.476. The first-order valence-electron chi connectivity index (χ1n) is 3.16. The summed E-state index contributed by atoms with van der Waals surface area (Å²) >= 11 is 5.04. The number of halogens is 6. The molecule has 8 heteroatoms. The maximum Gasteiger partial charge on any atom is 1.00 e. The van der Waals surface area contributed by atoms with Gasteiger partial charge in [0.1, 0.15) is 11.6 Å². The second-order valence-electron chi connectivity index (χ2n) is 2.36. The van der Waals surface area contributed by atoms with Crippen molar-refractivity contribution in [3.63, 3.8) is 0 Å². The summed E-state index contributed by atoms with van der Waals surface area (Å²) in [4.78, 5) is 0. The van der Waals surface area contributed by atoms with Gasteiger partial charge in [-0.3, -0.25) is 0 Å². The van der Waals surface area contributed by atoms with E-state index in [1.54, 1.807) is 0 Å². The van der Waals surface area contributed by atoms with E-state index < -0.39 is 29.1 Å². The molecule has 1 aromatic carbocycles. The molecule has 0 heterocycles. The van der Waals surface area contributed by atoms with Gasteiger partial charge in [-0.25, -0.2) is 8.78 Å². The van der Waals surface area contributed by atoms with Gasteiger partial charge in [-0.1, -0.05) is 17.1 Å². The Labute approximate surface area is 124 Å². The van der Waals surface area contributed by atoms with Crippen LogP contribution in [0.1, 0.15) is 0 Å². The summed E-state index contributed by atoms with van der Waals surface area (Å²) in [6, 6.07) is 0.575. The predicted molar refractivity (Wildman–Crippen MR) is 40.1 cm³/mol. The molecule has 0 saturated carbocycles. The van der Waals surface area contributed by atoms with Gasteiger partial charge in [0.15, 0.2) is 0 Å². The summed E-state index contributed by atoms with van der Waals surface area (Å²) in [7, 11) is 0. The molecule has 0 saturated heterocycles. The molecule has 0 spiro atoms. The van der Waals surface area contributed by atoms with Crippen molar-refractivity contribution in [3.05, 3.63) is 28.8 Å². The van der Waals surface area contributed by atoms with Crippen LogP contribution in [0.5, 0.6) is 0 Å². The summed E-state index contributed by atoms with van der Waals surface area (Å²) in [5, 5.41) is -0.954. The molecule has 0 aliphatic rings. The molecule has 0 unspecified atom stereocenters. The Morgan fingerprint density at radius 3 is 1.93 bits per heavy atom. The third-order valence-corrected chi connectivity index (χ3v) is 1.68. The van der Waals surface area contributed by atoms with Crippen LogP contribution in [0.4, 0.5) is 21.7 Å². The van der Waals surface area contributed by atoms with Crippen molar-refractivity contribution in [3.8, 4) is 0 Å². The van der Waals surface area contributed by atoms with Crippen LogP contribution in [0.2, 0.25) is 5.02 Å². The summed E-state index contributed by atoms with van der Waals surface area (Å²) in [6.45, 7) is -5.54. The molecule has 0 fully saturated rings. The largest absolute Gasteiger partial charge is 1.00 e. The van der Waals surface area contributed by atoms with E-state index >= 15 is 0 Å². The Bertz CT molecular complexity index is 316. The Hall–Kier alpha value is 0.861. The number of rotatable bonds is 1. The van der Waals surface area contributed by atoms with Crippen LogP contribution in [0, 0.1) is 11.6 Å². The van der Waals surface area contributed by atoms with E-state index in [4.69, 9.17) is 11.6 Å². The minimum Gasteiger partial charge on any atom is -0.445 e. The molecule has 0 N–H and O–H groups in total. The molecule has 0 aliphatic heterocycles. The van der Waals surface area contributed by atoms with E-state index in [0.29, 0.717) is 6.07 Å². The Morgan fingerprint density at radius 1 is 1.07 bits per heavy atom. The SMILES string of the molecule is Fc1cc(F)c([B-](F)(F)F)c(Cl)c1.[K+]. The van der Waals surface area contributed by atoms with Crippen LogP contribution in [0.25, 0.3) is 0 Å². The maximum atomic E-state index is 12.6. The average molecular weight is 254 g/mol. The van der Waals surface area contributed by atoms with Crippen LogP contribution in [-0.2, 0) is 0 Å². The van der Waals surface area contributed by atoms with Crippen molar-refractivity contribution in [1.82, 2.24) is 0 Å². The normalized spacial score (nSPS) is 11.0. The van der Waals surface area contributed by atoms with Crippen molar-refractivity contribution in [2.75, 3.05) is 0 Å².